The third-order valence-corrected chi connectivity index (χ3v) is 2.89. The number of carbonyl (C=O) groups is 2. The summed E-state index contributed by atoms with van der Waals surface area (Å²) in [4.78, 5) is 24.0. The smallest absolute Gasteiger partial charge is 0.358 e. The second-order valence-corrected chi connectivity index (χ2v) is 4.39. The largest absolute Gasteiger partial charge is 0.476 e. The quantitative estimate of drug-likeness (QED) is 0.717. The van der Waals surface area contributed by atoms with E-state index in [2.05, 4.69) is 10.3 Å². The number of hydrogen-bond donors (Lipinski definition) is 1. The number of carboxylic acid groups (broad SMARTS) is 1. The molecule has 1 aliphatic heterocycles. The fourth-order valence-electron chi connectivity index (χ4n) is 1.77. The van der Waals surface area contributed by atoms with E-state index in [1.165, 1.54) is 10.9 Å². The lowest BCUT2D eigenvalue weighted by Crippen LogP contribution is -2.52. The number of aromatic carboxylic acids is 1. The molecular weight excluding hydrogens is 252 g/mol. The zero-order valence-electron chi connectivity index (χ0n) is 10.7. The zero-order chi connectivity index (χ0) is 13.8. The van der Waals surface area contributed by atoms with Crippen molar-refractivity contribution in [2.75, 3.05) is 26.3 Å². The van der Waals surface area contributed by atoms with Crippen molar-refractivity contribution in [3.8, 4) is 0 Å². The number of amides is 1. The number of ether oxygens (including phenoxy) is 1. The number of carbonyl (C=O) groups excluding carboxylic acids is 1. The number of likely N-dealkylation sites (tertiary alicyclic amines) is 1. The molecule has 1 saturated heterocycles. The summed E-state index contributed by atoms with van der Waals surface area (Å²) >= 11 is 0. The maximum Gasteiger partial charge on any atom is 0.358 e. The average molecular weight is 268 g/mol. The molecule has 0 radical (unpaired) electrons. The van der Waals surface area contributed by atoms with Crippen LogP contribution >= 0.6 is 0 Å². The zero-order valence-corrected chi connectivity index (χ0v) is 10.7. The Morgan fingerprint density at radius 2 is 2.26 bits per heavy atom. The van der Waals surface area contributed by atoms with Crippen molar-refractivity contribution in [1.29, 1.82) is 0 Å². The SMILES string of the molecule is CCCOCC(=O)N1CC(n2cc(C(=O)O)nn2)C1. The Labute approximate surface area is 109 Å². The van der Waals surface area contributed by atoms with Gasteiger partial charge in [-0.25, -0.2) is 9.48 Å². The van der Waals surface area contributed by atoms with Crippen molar-refractivity contribution >= 4 is 11.9 Å². The van der Waals surface area contributed by atoms with Crippen molar-refractivity contribution in [2.24, 2.45) is 0 Å². The maximum atomic E-state index is 11.7. The second-order valence-electron chi connectivity index (χ2n) is 4.39. The highest BCUT2D eigenvalue weighted by Gasteiger charge is 2.32. The Balaban J connectivity index is 1.78. The molecule has 0 atom stereocenters. The van der Waals surface area contributed by atoms with E-state index in [9.17, 15) is 9.59 Å². The van der Waals surface area contributed by atoms with E-state index in [0.717, 1.165) is 6.42 Å². The van der Waals surface area contributed by atoms with Gasteiger partial charge >= 0.3 is 5.97 Å². The Bertz CT molecular complexity index is 467. The van der Waals surface area contributed by atoms with Crippen LogP contribution < -0.4 is 0 Å². The summed E-state index contributed by atoms with van der Waals surface area (Å²) in [6.07, 6.45) is 2.26. The molecule has 8 nitrogen and oxygen atoms in total. The van der Waals surface area contributed by atoms with E-state index in [0.29, 0.717) is 19.7 Å². The minimum Gasteiger partial charge on any atom is -0.476 e. The van der Waals surface area contributed by atoms with E-state index >= 15 is 0 Å². The number of aromatic nitrogens is 3. The van der Waals surface area contributed by atoms with E-state index in [1.54, 1.807) is 4.90 Å². The highest BCUT2D eigenvalue weighted by Crippen LogP contribution is 2.20. The van der Waals surface area contributed by atoms with Gasteiger partial charge in [-0.1, -0.05) is 12.1 Å². The second kappa shape index (κ2) is 5.79. The predicted octanol–water partition coefficient (Wildman–Crippen LogP) is -0.214. The molecule has 1 aliphatic rings. The van der Waals surface area contributed by atoms with Crippen LogP contribution in [0, 0.1) is 0 Å². The molecule has 8 heteroatoms. The van der Waals surface area contributed by atoms with Crippen LogP contribution in [0.25, 0.3) is 0 Å². The first-order chi connectivity index (χ1) is 9.11. The lowest BCUT2D eigenvalue weighted by molar-refractivity contribution is -0.142. The molecular formula is C11H16N4O4. The van der Waals surface area contributed by atoms with Crippen LogP contribution in [0.3, 0.4) is 0 Å². The first-order valence-electron chi connectivity index (χ1n) is 6.12. The average Bonchev–Trinajstić information content (AvgIpc) is 2.77. The normalized spacial score (nSPS) is 15.3. The molecule has 0 unspecified atom stereocenters. The molecule has 1 N–H and O–H groups in total. The van der Waals surface area contributed by atoms with Gasteiger partial charge in [0.1, 0.15) is 6.61 Å². The topological polar surface area (TPSA) is 97.5 Å². The molecule has 0 saturated carbocycles. The van der Waals surface area contributed by atoms with Gasteiger partial charge < -0.3 is 14.7 Å². The summed E-state index contributed by atoms with van der Waals surface area (Å²) in [6, 6.07) is -0.00396. The van der Waals surface area contributed by atoms with Gasteiger partial charge in [0.05, 0.1) is 12.2 Å². The number of nitrogens with zero attached hydrogens (tertiary/aromatic N) is 4. The molecule has 104 valence electrons. The van der Waals surface area contributed by atoms with E-state index in [1.807, 2.05) is 6.92 Å². The molecule has 1 aromatic heterocycles. The van der Waals surface area contributed by atoms with Gasteiger partial charge in [0, 0.05) is 19.7 Å². The monoisotopic (exact) mass is 268 g/mol. The fourth-order valence-corrected chi connectivity index (χ4v) is 1.77. The third-order valence-electron chi connectivity index (χ3n) is 2.89. The molecule has 2 rings (SSSR count). The van der Waals surface area contributed by atoms with Gasteiger partial charge in [0.15, 0.2) is 5.69 Å². The van der Waals surface area contributed by atoms with Gasteiger partial charge in [-0.15, -0.1) is 5.10 Å². The van der Waals surface area contributed by atoms with Crippen molar-refractivity contribution in [1.82, 2.24) is 19.9 Å². The third kappa shape index (κ3) is 3.08. The minimum absolute atomic E-state index is 0.00396. The van der Waals surface area contributed by atoms with Gasteiger partial charge in [0.2, 0.25) is 5.91 Å². The van der Waals surface area contributed by atoms with Crippen LogP contribution in [0.2, 0.25) is 0 Å². The van der Waals surface area contributed by atoms with Crippen molar-refractivity contribution in [3.63, 3.8) is 0 Å². The molecule has 1 fully saturated rings. The molecule has 0 bridgehead atoms. The van der Waals surface area contributed by atoms with Gasteiger partial charge in [-0.3, -0.25) is 4.79 Å². The molecule has 2 heterocycles. The van der Waals surface area contributed by atoms with Crippen molar-refractivity contribution in [3.05, 3.63) is 11.9 Å². The highest BCUT2D eigenvalue weighted by atomic mass is 16.5. The van der Waals surface area contributed by atoms with Crippen LogP contribution in [-0.2, 0) is 9.53 Å². The Morgan fingerprint density at radius 1 is 1.53 bits per heavy atom. The van der Waals surface area contributed by atoms with Crippen LogP contribution in [0.1, 0.15) is 29.9 Å². The number of rotatable bonds is 6. The van der Waals surface area contributed by atoms with Crippen LogP contribution in [0.15, 0.2) is 6.20 Å². The summed E-state index contributed by atoms with van der Waals surface area (Å²) in [5.41, 5.74) is -0.0870. The lowest BCUT2D eigenvalue weighted by atomic mass is 10.1. The Morgan fingerprint density at radius 3 is 2.84 bits per heavy atom. The molecule has 1 aromatic rings. The van der Waals surface area contributed by atoms with E-state index in [-0.39, 0.29) is 24.2 Å². The van der Waals surface area contributed by atoms with E-state index < -0.39 is 5.97 Å². The van der Waals surface area contributed by atoms with Gasteiger partial charge in [-0.2, -0.15) is 0 Å². The van der Waals surface area contributed by atoms with E-state index in [4.69, 9.17) is 9.84 Å². The fraction of sp³-hybridized carbons (Fsp3) is 0.636. The van der Waals surface area contributed by atoms with Crippen LogP contribution in [0.4, 0.5) is 0 Å². The molecule has 0 aromatic carbocycles. The van der Waals surface area contributed by atoms with Crippen LogP contribution in [0.5, 0.6) is 0 Å². The van der Waals surface area contributed by atoms with Gasteiger partial charge in [-0.05, 0) is 6.42 Å². The molecule has 1 amide bonds. The highest BCUT2D eigenvalue weighted by molar-refractivity contribution is 5.84. The Hall–Kier alpha value is -1.96. The first-order valence-corrected chi connectivity index (χ1v) is 6.12. The Kier molecular flexibility index (Phi) is 4.10. The lowest BCUT2D eigenvalue weighted by Gasteiger charge is -2.38. The number of hydrogen-bond acceptors (Lipinski definition) is 5. The summed E-state index contributed by atoms with van der Waals surface area (Å²) in [7, 11) is 0. The van der Waals surface area contributed by atoms with Crippen LogP contribution in [-0.4, -0.2) is 63.2 Å². The van der Waals surface area contributed by atoms with Gasteiger partial charge in [0.25, 0.3) is 0 Å². The first kappa shape index (κ1) is 13.5. The standard InChI is InChI=1S/C11H16N4O4/c1-2-3-19-7-10(16)14-4-8(5-14)15-6-9(11(17)18)12-13-15/h6,8H,2-5,7H2,1H3,(H,17,18). The van der Waals surface area contributed by atoms with Crippen molar-refractivity contribution in [2.45, 2.75) is 19.4 Å². The summed E-state index contributed by atoms with van der Waals surface area (Å²) in [5, 5.41) is 16.0. The minimum atomic E-state index is -1.11. The van der Waals surface area contributed by atoms with Crippen molar-refractivity contribution < 1.29 is 19.4 Å². The number of carboxylic acids is 1. The predicted molar refractivity (Wildman–Crippen MR) is 63.7 cm³/mol. The molecule has 0 spiro atoms. The summed E-state index contributed by atoms with van der Waals surface area (Å²) in [5.74, 6) is -1.16. The molecule has 0 aliphatic carbocycles. The molecule has 19 heavy (non-hydrogen) atoms. The summed E-state index contributed by atoms with van der Waals surface area (Å²) in [6.45, 7) is 3.68. The summed E-state index contributed by atoms with van der Waals surface area (Å²) < 4.78 is 6.66. The maximum absolute atomic E-state index is 11.7.